The van der Waals surface area contributed by atoms with Crippen molar-refractivity contribution in [1.29, 1.82) is 0 Å². The van der Waals surface area contributed by atoms with Gasteiger partial charge >= 0.3 is 0 Å². The summed E-state index contributed by atoms with van der Waals surface area (Å²) in [5, 5.41) is 0. The number of likely N-dealkylation sites (N-methyl/N-ethyl adjacent to an activating group) is 1. The van der Waals surface area contributed by atoms with Crippen LogP contribution < -0.4 is 5.73 Å². The van der Waals surface area contributed by atoms with Gasteiger partial charge in [0.05, 0.1) is 0 Å². The first-order valence-corrected chi connectivity index (χ1v) is 3.18. The summed E-state index contributed by atoms with van der Waals surface area (Å²) >= 11 is 0. The van der Waals surface area contributed by atoms with Crippen LogP contribution in [-0.2, 0) is 0 Å². The standard InChI is InChI=1S/C6H12N2/c1-8-3-5-2-6(5,7)4-8/h5H,2-4,7H2,1H3/t5-,6-/m0/s1. The zero-order chi connectivity index (χ0) is 5.78. The molecule has 2 nitrogen and oxygen atoms in total. The highest BCUT2D eigenvalue weighted by Gasteiger charge is 2.56. The summed E-state index contributed by atoms with van der Waals surface area (Å²) in [6.45, 7) is 2.36. The lowest BCUT2D eigenvalue weighted by Gasteiger charge is -2.10. The van der Waals surface area contributed by atoms with E-state index >= 15 is 0 Å². The number of hydrogen-bond donors (Lipinski definition) is 1. The molecular weight excluding hydrogens is 100 g/mol. The number of piperidine rings is 1. The highest BCUT2D eigenvalue weighted by molar-refractivity contribution is 5.14. The van der Waals surface area contributed by atoms with Gasteiger partial charge in [-0.2, -0.15) is 0 Å². The van der Waals surface area contributed by atoms with Gasteiger partial charge in [-0.1, -0.05) is 0 Å². The number of hydrogen-bond acceptors (Lipinski definition) is 2. The number of nitrogens with two attached hydrogens (primary N) is 1. The monoisotopic (exact) mass is 112 g/mol. The van der Waals surface area contributed by atoms with Crippen LogP contribution >= 0.6 is 0 Å². The highest BCUT2D eigenvalue weighted by atomic mass is 15.2. The Morgan fingerprint density at radius 3 is 2.75 bits per heavy atom. The van der Waals surface area contributed by atoms with Gasteiger partial charge in [0, 0.05) is 18.6 Å². The van der Waals surface area contributed by atoms with E-state index < -0.39 is 0 Å². The highest BCUT2D eigenvalue weighted by Crippen LogP contribution is 2.46. The molecule has 2 atom stereocenters. The second-order valence-corrected chi connectivity index (χ2v) is 3.33. The molecule has 1 aliphatic carbocycles. The van der Waals surface area contributed by atoms with Crippen LogP contribution in [0.15, 0.2) is 0 Å². The number of fused-ring (bicyclic) bond motifs is 1. The van der Waals surface area contributed by atoms with Crippen LogP contribution in [0.2, 0.25) is 0 Å². The molecule has 2 heteroatoms. The molecule has 0 aromatic carbocycles. The summed E-state index contributed by atoms with van der Waals surface area (Å²) in [6, 6.07) is 0. The van der Waals surface area contributed by atoms with E-state index in [4.69, 9.17) is 5.73 Å². The Hall–Kier alpha value is -0.0800. The van der Waals surface area contributed by atoms with Crippen molar-refractivity contribution in [3.8, 4) is 0 Å². The summed E-state index contributed by atoms with van der Waals surface area (Å²) in [4.78, 5) is 2.31. The number of nitrogens with zero attached hydrogens (tertiary/aromatic N) is 1. The molecule has 1 saturated heterocycles. The fourth-order valence-electron chi connectivity index (χ4n) is 1.78. The van der Waals surface area contributed by atoms with Crippen LogP contribution in [-0.4, -0.2) is 30.6 Å². The van der Waals surface area contributed by atoms with Crippen molar-refractivity contribution >= 4 is 0 Å². The second kappa shape index (κ2) is 1.09. The van der Waals surface area contributed by atoms with E-state index in [1.54, 1.807) is 0 Å². The van der Waals surface area contributed by atoms with Crippen molar-refractivity contribution in [3.63, 3.8) is 0 Å². The van der Waals surface area contributed by atoms with Crippen molar-refractivity contribution in [1.82, 2.24) is 4.90 Å². The fraction of sp³-hybridized carbons (Fsp3) is 1.00. The molecule has 0 amide bonds. The van der Waals surface area contributed by atoms with E-state index in [0.717, 1.165) is 12.5 Å². The molecule has 2 rings (SSSR count). The van der Waals surface area contributed by atoms with Crippen LogP contribution in [0.4, 0.5) is 0 Å². The van der Waals surface area contributed by atoms with E-state index in [2.05, 4.69) is 11.9 Å². The summed E-state index contributed by atoms with van der Waals surface area (Å²) in [7, 11) is 2.14. The summed E-state index contributed by atoms with van der Waals surface area (Å²) in [6.07, 6.45) is 1.28. The second-order valence-electron chi connectivity index (χ2n) is 3.33. The van der Waals surface area contributed by atoms with Gasteiger partial charge in [-0.05, 0) is 19.4 Å². The minimum Gasteiger partial charge on any atom is -0.324 e. The molecule has 46 valence electrons. The molecule has 0 aromatic heterocycles. The van der Waals surface area contributed by atoms with Crippen molar-refractivity contribution in [3.05, 3.63) is 0 Å². The molecule has 2 N–H and O–H groups in total. The van der Waals surface area contributed by atoms with E-state index in [0.29, 0.717) is 0 Å². The third kappa shape index (κ3) is 0.446. The average molecular weight is 112 g/mol. The fourth-order valence-corrected chi connectivity index (χ4v) is 1.78. The number of likely N-dealkylation sites (tertiary alicyclic amines) is 1. The first kappa shape index (κ1) is 4.77. The van der Waals surface area contributed by atoms with Crippen molar-refractivity contribution in [2.75, 3.05) is 20.1 Å². The first-order chi connectivity index (χ1) is 3.71. The van der Waals surface area contributed by atoms with E-state index in [1.807, 2.05) is 0 Å². The van der Waals surface area contributed by atoms with E-state index in [1.165, 1.54) is 13.0 Å². The molecule has 1 saturated carbocycles. The van der Waals surface area contributed by atoms with Crippen molar-refractivity contribution in [2.45, 2.75) is 12.0 Å². The largest absolute Gasteiger partial charge is 0.324 e. The molecule has 0 bridgehead atoms. The molecule has 1 heterocycles. The Kier molecular flexibility index (Phi) is 0.649. The average Bonchev–Trinajstić information content (AvgIpc) is 2.07. The quantitative estimate of drug-likeness (QED) is 0.464. The van der Waals surface area contributed by atoms with Gasteiger partial charge in [0.1, 0.15) is 0 Å². The molecular formula is C6H12N2. The van der Waals surface area contributed by atoms with Gasteiger partial charge in [0.25, 0.3) is 0 Å². The minimum absolute atomic E-state index is 0.259. The Labute approximate surface area is 49.7 Å². The Morgan fingerprint density at radius 2 is 2.50 bits per heavy atom. The van der Waals surface area contributed by atoms with Gasteiger partial charge in [0.2, 0.25) is 0 Å². The van der Waals surface area contributed by atoms with Crippen molar-refractivity contribution < 1.29 is 0 Å². The molecule has 1 aliphatic heterocycles. The third-order valence-electron chi connectivity index (χ3n) is 2.38. The zero-order valence-electron chi connectivity index (χ0n) is 5.22. The van der Waals surface area contributed by atoms with Gasteiger partial charge in [-0.25, -0.2) is 0 Å². The maximum Gasteiger partial charge on any atom is 0.0328 e. The van der Waals surface area contributed by atoms with Crippen LogP contribution in [0.25, 0.3) is 0 Å². The molecule has 0 aromatic rings. The summed E-state index contributed by atoms with van der Waals surface area (Å²) in [5.74, 6) is 0.840. The van der Waals surface area contributed by atoms with Gasteiger partial charge in [-0.15, -0.1) is 0 Å². The van der Waals surface area contributed by atoms with Gasteiger partial charge in [-0.3, -0.25) is 0 Å². The topological polar surface area (TPSA) is 29.3 Å². The predicted molar refractivity (Wildman–Crippen MR) is 32.5 cm³/mol. The van der Waals surface area contributed by atoms with Crippen LogP contribution in [0, 0.1) is 5.92 Å². The first-order valence-electron chi connectivity index (χ1n) is 3.18. The van der Waals surface area contributed by atoms with E-state index in [-0.39, 0.29) is 5.54 Å². The van der Waals surface area contributed by atoms with Crippen LogP contribution in [0.1, 0.15) is 6.42 Å². The lowest BCUT2D eigenvalue weighted by Crippen LogP contribution is -2.30. The predicted octanol–water partition coefficient (Wildman–Crippen LogP) is -0.351. The summed E-state index contributed by atoms with van der Waals surface area (Å²) in [5.41, 5.74) is 6.16. The zero-order valence-corrected chi connectivity index (χ0v) is 5.22. The molecule has 0 radical (unpaired) electrons. The molecule has 2 fully saturated rings. The van der Waals surface area contributed by atoms with Crippen molar-refractivity contribution in [2.24, 2.45) is 11.7 Å². The normalized spacial score (nSPS) is 54.0. The van der Waals surface area contributed by atoms with Gasteiger partial charge in [0.15, 0.2) is 0 Å². The number of rotatable bonds is 0. The molecule has 2 aliphatic rings. The molecule has 8 heavy (non-hydrogen) atoms. The van der Waals surface area contributed by atoms with Crippen LogP contribution in [0.3, 0.4) is 0 Å². The molecule has 0 unspecified atom stereocenters. The van der Waals surface area contributed by atoms with Crippen LogP contribution in [0.5, 0.6) is 0 Å². The maximum atomic E-state index is 5.90. The smallest absolute Gasteiger partial charge is 0.0328 e. The lowest BCUT2D eigenvalue weighted by atomic mass is 10.3. The Bertz CT molecular complexity index is 124. The summed E-state index contributed by atoms with van der Waals surface area (Å²) < 4.78 is 0. The van der Waals surface area contributed by atoms with E-state index in [9.17, 15) is 0 Å². The lowest BCUT2D eigenvalue weighted by molar-refractivity contribution is 0.363. The SMILES string of the molecule is CN1C[C@@H]2C[C@]2(N)C1. The molecule has 0 spiro atoms. The Morgan fingerprint density at radius 1 is 1.75 bits per heavy atom. The van der Waals surface area contributed by atoms with Gasteiger partial charge < -0.3 is 10.6 Å². The Balaban J connectivity index is 2.10. The third-order valence-corrected chi connectivity index (χ3v) is 2.38. The minimum atomic E-state index is 0.259. The maximum absolute atomic E-state index is 5.90.